The van der Waals surface area contributed by atoms with Gasteiger partial charge in [-0.25, -0.2) is 0 Å². The molecule has 21 heavy (non-hydrogen) atoms. The summed E-state index contributed by atoms with van der Waals surface area (Å²) in [5.74, 6) is 0.769. The van der Waals surface area contributed by atoms with Crippen LogP contribution in [0, 0.1) is 5.92 Å². The molecule has 1 N–H and O–H groups in total. The number of nitrogens with one attached hydrogen (secondary N) is 1. The Labute approximate surface area is 129 Å². The molecule has 0 bridgehead atoms. The van der Waals surface area contributed by atoms with Crippen molar-refractivity contribution >= 4 is 0 Å². The molecule has 1 aromatic rings. The molecule has 2 heteroatoms. The monoisotopic (exact) mass is 286 g/mol. The van der Waals surface area contributed by atoms with Crippen molar-refractivity contribution in [2.75, 3.05) is 13.1 Å². The van der Waals surface area contributed by atoms with Gasteiger partial charge < -0.3 is 5.32 Å². The molecule has 3 unspecified atom stereocenters. The molecule has 1 aromatic carbocycles. The summed E-state index contributed by atoms with van der Waals surface area (Å²) in [4.78, 5) is 2.83. The lowest BCUT2D eigenvalue weighted by Gasteiger charge is -2.45. The van der Waals surface area contributed by atoms with E-state index < -0.39 is 0 Å². The maximum absolute atomic E-state index is 3.83. The molecule has 3 atom stereocenters. The predicted octanol–water partition coefficient (Wildman–Crippen LogP) is 3.99. The summed E-state index contributed by atoms with van der Waals surface area (Å²) in [6.07, 6.45) is 6.91. The average Bonchev–Trinajstić information content (AvgIpc) is 3.09. The second-order valence-corrected chi connectivity index (χ2v) is 6.96. The highest BCUT2D eigenvalue weighted by Gasteiger charge is 2.35. The lowest BCUT2D eigenvalue weighted by atomic mass is 9.92. The van der Waals surface area contributed by atoms with E-state index in [-0.39, 0.29) is 0 Å². The van der Waals surface area contributed by atoms with Gasteiger partial charge in [0.2, 0.25) is 0 Å². The Morgan fingerprint density at radius 2 is 1.90 bits per heavy atom. The third kappa shape index (κ3) is 3.32. The first-order valence-electron chi connectivity index (χ1n) is 8.83. The van der Waals surface area contributed by atoms with Crippen molar-refractivity contribution in [2.24, 2.45) is 5.92 Å². The Bertz CT molecular complexity index is 424. The van der Waals surface area contributed by atoms with Crippen molar-refractivity contribution in [3.63, 3.8) is 0 Å². The fourth-order valence-electron chi connectivity index (χ4n) is 4.09. The molecular formula is C19H30N2. The topological polar surface area (TPSA) is 15.3 Å². The molecule has 3 rings (SSSR count). The normalized spacial score (nSPS) is 29.6. The summed E-state index contributed by atoms with van der Waals surface area (Å²) < 4.78 is 0. The van der Waals surface area contributed by atoms with Crippen LogP contribution in [0.3, 0.4) is 0 Å². The third-order valence-electron chi connectivity index (χ3n) is 5.69. The van der Waals surface area contributed by atoms with Crippen LogP contribution in [0.1, 0.15) is 57.6 Å². The predicted molar refractivity (Wildman–Crippen MR) is 89.4 cm³/mol. The first-order chi connectivity index (χ1) is 10.3. The Morgan fingerprint density at radius 1 is 1.19 bits per heavy atom. The largest absolute Gasteiger partial charge is 0.311 e. The molecule has 2 fully saturated rings. The van der Waals surface area contributed by atoms with Crippen molar-refractivity contribution in [1.82, 2.24) is 10.2 Å². The fourth-order valence-corrected chi connectivity index (χ4v) is 4.09. The van der Waals surface area contributed by atoms with E-state index in [4.69, 9.17) is 0 Å². The van der Waals surface area contributed by atoms with Gasteiger partial charge in [0.15, 0.2) is 0 Å². The van der Waals surface area contributed by atoms with E-state index in [1.807, 2.05) is 0 Å². The second kappa shape index (κ2) is 6.93. The summed E-state index contributed by atoms with van der Waals surface area (Å²) in [5, 5.41) is 3.83. The summed E-state index contributed by atoms with van der Waals surface area (Å²) in [7, 11) is 0. The van der Waals surface area contributed by atoms with E-state index in [2.05, 4.69) is 54.4 Å². The SMILES string of the molecule is CCC(C)C1CN(C2CCCC2)C(c2ccccc2)CN1. The minimum absolute atomic E-state index is 0.564. The van der Waals surface area contributed by atoms with Gasteiger partial charge in [0.25, 0.3) is 0 Å². The summed E-state index contributed by atoms with van der Waals surface area (Å²) in [6.45, 7) is 7.04. The standard InChI is InChI=1S/C19H30N2/c1-3-15(2)18-14-21(17-11-7-8-12-17)19(13-20-18)16-9-5-4-6-10-16/h4-6,9-10,15,17-20H,3,7-8,11-14H2,1-2H3. The van der Waals surface area contributed by atoms with Crippen molar-refractivity contribution in [2.45, 2.75) is 64.1 Å². The van der Waals surface area contributed by atoms with Gasteiger partial charge in [-0.2, -0.15) is 0 Å². The van der Waals surface area contributed by atoms with Gasteiger partial charge in [0.1, 0.15) is 0 Å². The molecule has 116 valence electrons. The summed E-state index contributed by atoms with van der Waals surface area (Å²) >= 11 is 0. The van der Waals surface area contributed by atoms with Gasteiger partial charge in [0, 0.05) is 31.2 Å². The Balaban J connectivity index is 1.79. The number of hydrogen-bond donors (Lipinski definition) is 1. The number of hydrogen-bond acceptors (Lipinski definition) is 2. The van der Waals surface area contributed by atoms with E-state index >= 15 is 0 Å². The smallest absolute Gasteiger partial charge is 0.0476 e. The van der Waals surface area contributed by atoms with Crippen LogP contribution < -0.4 is 5.32 Å². The minimum Gasteiger partial charge on any atom is -0.311 e. The number of nitrogens with zero attached hydrogens (tertiary/aromatic N) is 1. The molecule has 1 heterocycles. The Kier molecular flexibility index (Phi) is 4.97. The molecule has 0 spiro atoms. The van der Waals surface area contributed by atoms with Crippen LogP contribution in [0.5, 0.6) is 0 Å². The molecule has 1 aliphatic carbocycles. The zero-order chi connectivity index (χ0) is 14.7. The number of rotatable bonds is 4. The minimum atomic E-state index is 0.564. The van der Waals surface area contributed by atoms with E-state index in [9.17, 15) is 0 Å². The van der Waals surface area contributed by atoms with Crippen molar-refractivity contribution in [1.29, 1.82) is 0 Å². The first kappa shape index (κ1) is 15.1. The quantitative estimate of drug-likeness (QED) is 0.900. The molecule has 0 radical (unpaired) electrons. The highest BCUT2D eigenvalue weighted by atomic mass is 15.3. The van der Waals surface area contributed by atoms with E-state index in [1.165, 1.54) is 44.2 Å². The first-order valence-corrected chi connectivity index (χ1v) is 8.83. The van der Waals surface area contributed by atoms with Crippen LogP contribution in [-0.4, -0.2) is 30.1 Å². The van der Waals surface area contributed by atoms with Crippen molar-refractivity contribution in [3.05, 3.63) is 35.9 Å². The second-order valence-electron chi connectivity index (χ2n) is 6.96. The van der Waals surface area contributed by atoms with Crippen LogP contribution >= 0.6 is 0 Å². The van der Waals surface area contributed by atoms with Crippen molar-refractivity contribution < 1.29 is 0 Å². The van der Waals surface area contributed by atoms with E-state index in [1.54, 1.807) is 0 Å². The number of piperazine rings is 1. The molecule has 1 saturated carbocycles. The number of benzene rings is 1. The van der Waals surface area contributed by atoms with Crippen LogP contribution in [0.25, 0.3) is 0 Å². The van der Waals surface area contributed by atoms with Crippen LogP contribution in [0.4, 0.5) is 0 Å². The molecule has 0 aromatic heterocycles. The van der Waals surface area contributed by atoms with Gasteiger partial charge >= 0.3 is 0 Å². The zero-order valence-electron chi connectivity index (χ0n) is 13.6. The fraction of sp³-hybridized carbons (Fsp3) is 0.684. The van der Waals surface area contributed by atoms with E-state index in [0.717, 1.165) is 18.5 Å². The van der Waals surface area contributed by atoms with Crippen molar-refractivity contribution in [3.8, 4) is 0 Å². The highest BCUT2D eigenvalue weighted by molar-refractivity contribution is 5.21. The lowest BCUT2D eigenvalue weighted by molar-refractivity contribution is 0.0679. The zero-order valence-corrected chi connectivity index (χ0v) is 13.6. The average molecular weight is 286 g/mol. The Morgan fingerprint density at radius 3 is 2.57 bits per heavy atom. The van der Waals surface area contributed by atoms with Crippen LogP contribution in [0.15, 0.2) is 30.3 Å². The molecule has 2 aliphatic rings. The molecular weight excluding hydrogens is 256 g/mol. The summed E-state index contributed by atoms with van der Waals surface area (Å²) in [5.41, 5.74) is 1.49. The maximum Gasteiger partial charge on any atom is 0.0476 e. The van der Waals surface area contributed by atoms with E-state index in [0.29, 0.717) is 12.1 Å². The van der Waals surface area contributed by atoms with Gasteiger partial charge in [-0.3, -0.25) is 4.90 Å². The lowest BCUT2D eigenvalue weighted by Crippen LogP contribution is -2.56. The van der Waals surface area contributed by atoms with Gasteiger partial charge in [-0.15, -0.1) is 0 Å². The third-order valence-corrected chi connectivity index (χ3v) is 5.69. The highest BCUT2D eigenvalue weighted by Crippen LogP contribution is 2.34. The maximum atomic E-state index is 3.83. The van der Waals surface area contributed by atoms with Crippen LogP contribution in [0.2, 0.25) is 0 Å². The molecule has 1 aliphatic heterocycles. The molecule has 0 amide bonds. The molecule has 2 nitrogen and oxygen atoms in total. The van der Waals surface area contributed by atoms with Gasteiger partial charge in [-0.05, 0) is 24.3 Å². The molecule has 1 saturated heterocycles. The van der Waals surface area contributed by atoms with Crippen LogP contribution in [-0.2, 0) is 0 Å². The Hall–Kier alpha value is -0.860. The van der Waals surface area contributed by atoms with Gasteiger partial charge in [-0.1, -0.05) is 63.4 Å². The van der Waals surface area contributed by atoms with Gasteiger partial charge in [0.05, 0.1) is 0 Å². The summed E-state index contributed by atoms with van der Waals surface area (Å²) in [6, 6.07) is 13.1.